The van der Waals surface area contributed by atoms with Gasteiger partial charge in [0.2, 0.25) is 11.8 Å². The van der Waals surface area contributed by atoms with Crippen molar-refractivity contribution in [2.24, 2.45) is 5.92 Å². The molecule has 4 rings (SSSR count). The van der Waals surface area contributed by atoms with Crippen LogP contribution in [0.2, 0.25) is 0 Å². The number of nitriles is 1. The zero-order valence-corrected chi connectivity index (χ0v) is 19.9. The minimum atomic E-state index is -0.114. The lowest BCUT2D eigenvalue weighted by Crippen LogP contribution is -2.41. The van der Waals surface area contributed by atoms with Gasteiger partial charge in [0.25, 0.3) is 5.91 Å². The summed E-state index contributed by atoms with van der Waals surface area (Å²) in [5, 5.41) is 12.3. The smallest absolute Gasteiger partial charge is 0.251 e. The van der Waals surface area contributed by atoms with Gasteiger partial charge in [-0.05, 0) is 61.1 Å². The summed E-state index contributed by atoms with van der Waals surface area (Å²) in [7, 11) is 0. The van der Waals surface area contributed by atoms with Gasteiger partial charge in [-0.3, -0.25) is 9.59 Å². The first kappa shape index (κ1) is 23.5. The van der Waals surface area contributed by atoms with Crippen LogP contribution in [-0.4, -0.2) is 41.3 Å². The molecule has 7 heteroatoms. The molecule has 176 valence electrons. The predicted molar refractivity (Wildman–Crippen MR) is 130 cm³/mol. The van der Waals surface area contributed by atoms with Crippen molar-refractivity contribution in [1.82, 2.24) is 15.2 Å². The van der Waals surface area contributed by atoms with Crippen LogP contribution < -0.4 is 5.32 Å². The topological polar surface area (TPSA) is 99.2 Å². The lowest BCUT2D eigenvalue weighted by atomic mass is 9.96. The number of benzene rings is 2. The third kappa shape index (κ3) is 4.96. The number of amides is 2. The van der Waals surface area contributed by atoms with Crippen molar-refractivity contribution >= 4 is 22.9 Å². The van der Waals surface area contributed by atoms with Gasteiger partial charge in [-0.1, -0.05) is 20.8 Å². The summed E-state index contributed by atoms with van der Waals surface area (Å²) < 4.78 is 6.06. The molecule has 34 heavy (non-hydrogen) atoms. The summed E-state index contributed by atoms with van der Waals surface area (Å²) in [6.45, 7) is 8.14. The molecule has 1 aliphatic heterocycles. The number of aromatic nitrogens is 1. The van der Waals surface area contributed by atoms with Crippen molar-refractivity contribution in [1.29, 1.82) is 5.26 Å². The second-order valence-corrected chi connectivity index (χ2v) is 9.16. The van der Waals surface area contributed by atoms with E-state index in [4.69, 9.17) is 4.42 Å². The number of carbonyl (C=O) groups is 2. The number of rotatable bonds is 6. The summed E-state index contributed by atoms with van der Waals surface area (Å²) in [6.07, 6.45) is 2.36. The standard InChI is InChI=1S/C27H30N4O3/c1-4-24(32)31-11-9-18(10-12-31)16-29-26(33)20-5-7-21(8-6-20)27-30-23-14-19(15-28)13-22(17(2)3)25(23)34-27/h5-8,13-14,17-18H,4,9-12,16H2,1-3H3,(H,29,33). The molecule has 0 aliphatic carbocycles. The summed E-state index contributed by atoms with van der Waals surface area (Å²) in [6, 6.07) is 13.0. The van der Waals surface area contributed by atoms with Crippen LogP contribution in [0.25, 0.3) is 22.6 Å². The Labute approximate surface area is 199 Å². The molecule has 3 aromatic rings. The van der Waals surface area contributed by atoms with Crippen molar-refractivity contribution in [2.75, 3.05) is 19.6 Å². The molecule has 0 unspecified atom stereocenters. The molecule has 1 N–H and O–H groups in total. The van der Waals surface area contributed by atoms with Gasteiger partial charge in [-0.25, -0.2) is 4.98 Å². The normalized spacial score (nSPS) is 14.4. The van der Waals surface area contributed by atoms with Gasteiger partial charge in [0.05, 0.1) is 11.6 Å². The van der Waals surface area contributed by atoms with Crippen LogP contribution in [0.1, 0.15) is 67.4 Å². The predicted octanol–water partition coefficient (Wildman–Crippen LogP) is 4.87. The molecule has 1 aromatic heterocycles. The molecule has 1 saturated heterocycles. The highest BCUT2D eigenvalue weighted by Gasteiger charge is 2.22. The Bertz CT molecular complexity index is 1230. The van der Waals surface area contributed by atoms with E-state index in [0.717, 1.165) is 37.1 Å². The molecule has 0 bridgehead atoms. The average Bonchev–Trinajstić information content (AvgIpc) is 3.30. The van der Waals surface area contributed by atoms with Crippen molar-refractivity contribution in [3.05, 3.63) is 53.1 Å². The Morgan fingerprint density at radius 2 is 1.91 bits per heavy atom. The first-order valence-electron chi connectivity index (χ1n) is 11.9. The van der Waals surface area contributed by atoms with Gasteiger partial charge in [-0.15, -0.1) is 0 Å². The Hall–Kier alpha value is -3.66. The van der Waals surface area contributed by atoms with Crippen LogP contribution in [0.4, 0.5) is 0 Å². The van der Waals surface area contributed by atoms with Gasteiger partial charge < -0.3 is 14.6 Å². The molecule has 7 nitrogen and oxygen atoms in total. The zero-order chi connectivity index (χ0) is 24.2. The number of likely N-dealkylation sites (tertiary alicyclic amines) is 1. The first-order valence-corrected chi connectivity index (χ1v) is 11.9. The van der Waals surface area contributed by atoms with Gasteiger partial charge in [0, 0.05) is 42.7 Å². The number of fused-ring (bicyclic) bond motifs is 1. The summed E-state index contributed by atoms with van der Waals surface area (Å²) in [4.78, 5) is 30.9. The van der Waals surface area contributed by atoms with E-state index in [0.29, 0.717) is 47.0 Å². The van der Waals surface area contributed by atoms with E-state index in [1.165, 1.54) is 0 Å². The summed E-state index contributed by atoms with van der Waals surface area (Å²) in [5.74, 6) is 1.14. The van der Waals surface area contributed by atoms with Crippen LogP contribution >= 0.6 is 0 Å². The van der Waals surface area contributed by atoms with Crippen molar-refractivity contribution in [3.8, 4) is 17.5 Å². The minimum Gasteiger partial charge on any atom is -0.436 e. The number of carbonyl (C=O) groups excluding carboxylic acids is 2. The fourth-order valence-corrected chi connectivity index (χ4v) is 4.39. The van der Waals surface area contributed by atoms with Crippen LogP contribution in [0, 0.1) is 17.2 Å². The van der Waals surface area contributed by atoms with E-state index < -0.39 is 0 Å². The van der Waals surface area contributed by atoms with Gasteiger partial charge >= 0.3 is 0 Å². The Morgan fingerprint density at radius 3 is 2.53 bits per heavy atom. The second kappa shape index (κ2) is 10.1. The Kier molecular flexibility index (Phi) is 6.97. The Balaban J connectivity index is 1.41. The van der Waals surface area contributed by atoms with Gasteiger partial charge in [0.15, 0.2) is 5.58 Å². The lowest BCUT2D eigenvalue weighted by Gasteiger charge is -2.32. The molecule has 2 amide bonds. The van der Waals surface area contributed by atoms with Crippen LogP contribution in [0.15, 0.2) is 40.8 Å². The van der Waals surface area contributed by atoms with E-state index in [1.54, 1.807) is 18.2 Å². The molecular formula is C27H30N4O3. The molecule has 1 fully saturated rings. The monoisotopic (exact) mass is 458 g/mol. The summed E-state index contributed by atoms with van der Waals surface area (Å²) in [5.41, 5.74) is 4.21. The molecule has 0 spiro atoms. The van der Waals surface area contributed by atoms with Gasteiger partial charge in [-0.2, -0.15) is 5.26 Å². The van der Waals surface area contributed by atoms with Gasteiger partial charge in [0.1, 0.15) is 5.52 Å². The van der Waals surface area contributed by atoms with Crippen LogP contribution in [-0.2, 0) is 4.79 Å². The van der Waals surface area contributed by atoms with E-state index in [2.05, 4.69) is 30.2 Å². The minimum absolute atomic E-state index is 0.114. The van der Waals surface area contributed by atoms with E-state index in [1.807, 2.05) is 30.0 Å². The van der Waals surface area contributed by atoms with E-state index in [9.17, 15) is 14.9 Å². The van der Waals surface area contributed by atoms with Crippen molar-refractivity contribution in [3.63, 3.8) is 0 Å². The number of oxazole rings is 1. The first-order chi connectivity index (χ1) is 16.4. The molecule has 1 aliphatic rings. The maximum absolute atomic E-state index is 12.6. The maximum Gasteiger partial charge on any atom is 0.251 e. The number of hydrogen-bond donors (Lipinski definition) is 1. The van der Waals surface area contributed by atoms with E-state index >= 15 is 0 Å². The molecule has 2 aromatic carbocycles. The van der Waals surface area contributed by atoms with Crippen LogP contribution in [0.3, 0.4) is 0 Å². The SMILES string of the molecule is CCC(=O)N1CCC(CNC(=O)c2ccc(-c3nc4cc(C#N)cc(C(C)C)c4o3)cc2)CC1. The third-order valence-electron chi connectivity index (χ3n) is 6.48. The highest BCUT2D eigenvalue weighted by Crippen LogP contribution is 2.31. The largest absolute Gasteiger partial charge is 0.436 e. The number of piperidine rings is 1. The molecular weight excluding hydrogens is 428 g/mol. The Morgan fingerprint density at radius 1 is 1.21 bits per heavy atom. The molecule has 0 atom stereocenters. The summed E-state index contributed by atoms with van der Waals surface area (Å²) >= 11 is 0. The fourth-order valence-electron chi connectivity index (χ4n) is 4.39. The third-order valence-corrected chi connectivity index (χ3v) is 6.48. The fraction of sp³-hybridized carbons (Fsp3) is 0.407. The molecule has 0 radical (unpaired) electrons. The lowest BCUT2D eigenvalue weighted by molar-refractivity contribution is -0.132. The second-order valence-electron chi connectivity index (χ2n) is 9.16. The van der Waals surface area contributed by atoms with Crippen LogP contribution in [0.5, 0.6) is 0 Å². The number of nitrogens with zero attached hydrogens (tertiary/aromatic N) is 3. The average molecular weight is 459 g/mol. The number of hydrogen-bond acceptors (Lipinski definition) is 5. The zero-order valence-electron chi connectivity index (χ0n) is 19.9. The quantitative estimate of drug-likeness (QED) is 0.568. The van der Waals surface area contributed by atoms with Crippen molar-refractivity contribution < 1.29 is 14.0 Å². The van der Waals surface area contributed by atoms with Crippen molar-refractivity contribution in [2.45, 2.75) is 46.0 Å². The molecule has 0 saturated carbocycles. The molecule has 2 heterocycles. The highest BCUT2D eigenvalue weighted by molar-refractivity contribution is 5.94. The number of nitrogens with one attached hydrogen (secondary N) is 1. The van der Waals surface area contributed by atoms with E-state index in [-0.39, 0.29) is 17.7 Å². The highest BCUT2D eigenvalue weighted by atomic mass is 16.3. The maximum atomic E-state index is 12.6.